The summed E-state index contributed by atoms with van der Waals surface area (Å²) in [5.74, 6) is 3.74. The molecule has 3 saturated heterocycles. The van der Waals surface area contributed by atoms with Crippen LogP contribution in [-0.4, -0.2) is 82.5 Å². The third-order valence-corrected chi connectivity index (χ3v) is 9.68. The number of benzene rings is 2. The number of ether oxygens (including phenoxy) is 1. The number of hydrogen-bond acceptors (Lipinski definition) is 8. The monoisotopic (exact) mass is 578 g/mol. The second-order valence-electron chi connectivity index (χ2n) is 12.9. The van der Waals surface area contributed by atoms with Gasteiger partial charge in [-0.25, -0.2) is 4.39 Å². The van der Waals surface area contributed by atoms with Crippen LogP contribution in [0.2, 0.25) is 0 Å². The largest absolute Gasteiger partial charge is 0.508 e. The van der Waals surface area contributed by atoms with Crippen LogP contribution in [-0.2, 0) is 0 Å². The lowest BCUT2D eigenvalue weighted by Crippen LogP contribution is -2.51. The quantitative estimate of drug-likeness (QED) is 0.306. The minimum atomic E-state index is -0.723. The maximum absolute atomic E-state index is 13.8. The van der Waals surface area contributed by atoms with Crippen molar-refractivity contribution in [3.8, 4) is 35.2 Å². The number of phenolic OH excluding ortho intramolecular Hbond substituents is 1. The number of alkyl halides is 1. The lowest BCUT2D eigenvalue weighted by Gasteiger charge is -2.34. The zero-order chi connectivity index (χ0) is 29.1. The molecule has 4 fully saturated rings. The van der Waals surface area contributed by atoms with Crippen molar-refractivity contribution >= 4 is 27.6 Å². The van der Waals surface area contributed by atoms with Gasteiger partial charge in [0.25, 0.3) is 0 Å². The van der Waals surface area contributed by atoms with Crippen molar-refractivity contribution in [3.63, 3.8) is 0 Å². The van der Waals surface area contributed by atoms with Gasteiger partial charge in [0.15, 0.2) is 5.82 Å². The average molecular weight is 579 g/mol. The number of anilines is 1. The van der Waals surface area contributed by atoms with E-state index in [4.69, 9.17) is 26.1 Å². The zero-order valence-corrected chi connectivity index (χ0v) is 24.1. The summed E-state index contributed by atoms with van der Waals surface area (Å²) in [4.78, 5) is 19.3. The maximum atomic E-state index is 13.8. The molecule has 2 aromatic heterocycles. The van der Waals surface area contributed by atoms with Crippen LogP contribution in [0.25, 0.3) is 32.9 Å². The van der Waals surface area contributed by atoms with Gasteiger partial charge in [-0.05, 0) is 67.3 Å². The van der Waals surface area contributed by atoms with Crippen molar-refractivity contribution in [1.82, 2.24) is 25.2 Å². The SMILES string of the molecule is C#Cc1cccc2cc(O)cc(-c3cnc4c(N5CC6CCC(C5)N6)nc(OCC5(CN6CC[C@@H](F)C6)CC5)nc4c3)c12. The number of pyridine rings is 1. The number of piperazine rings is 1. The molecule has 8 rings (SSSR count). The van der Waals surface area contributed by atoms with Crippen molar-refractivity contribution in [2.24, 2.45) is 5.41 Å². The van der Waals surface area contributed by atoms with Gasteiger partial charge < -0.3 is 20.1 Å². The summed E-state index contributed by atoms with van der Waals surface area (Å²) < 4.78 is 20.2. The Balaban J connectivity index is 1.18. The Morgan fingerprint density at radius 3 is 2.67 bits per heavy atom. The maximum Gasteiger partial charge on any atom is 0.319 e. The number of aromatic nitrogens is 3. The standard InChI is InChI=1S/C34H35FN6O2/c1-2-21-4-3-5-22-12-27(42)14-28(30(21)22)23-13-29-31(36-15-23)32(41-17-25-6-7-26(18-41)37-25)39-33(38-29)43-20-34(9-10-34)19-40-11-8-24(35)16-40/h1,3-5,12-15,24-26,37,42H,6-11,16-20H2/t24-,25?,26?/m1/s1. The van der Waals surface area contributed by atoms with E-state index in [-0.39, 0.29) is 11.2 Å². The summed E-state index contributed by atoms with van der Waals surface area (Å²) in [6.45, 7) is 4.40. The summed E-state index contributed by atoms with van der Waals surface area (Å²) in [6, 6.07) is 12.4. The van der Waals surface area contributed by atoms with Gasteiger partial charge in [-0.3, -0.25) is 9.88 Å². The molecule has 0 amide bonds. The van der Waals surface area contributed by atoms with Gasteiger partial charge in [0, 0.05) is 72.9 Å². The Bertz CT molecular complexity index is 1760. The Morgan fingerprint density at radius 2 is 1.93 bits per heavy atom. The molecule has 43 heavy (non-hydrogen) atoms. The molecule has 4 aliphatic rings. The van der Waals surface area contributed by atoms with Gasteiger partial charge in [0.05, 0.1) is 12.1 Å². The third-order valence-electron chi connectivity index (χ3n) is 9.68. The molecule has 9 heteroatoms. The molecule has 0 radical (unpaired) electrons. The summed E-state index contributed by atoms with van der Waals surface area (Å²) in [5.41, 5.74) is 3.80. The van der Waals surface area contributed by atoms with Crippen LogP contribution in [0.5, 0.6) is 11.8 Å². The first-order valence-electron chi connectivity index (χ1n) is 15.4. The molecule has 1 aliphatic carbocycles. The van der Waals surface area contributed by atoms with E-state index in [1.807, 2.05) is 30.5 Å². The van der Waals surface area contributed by atoms with E-state index in [2.05, 4.69) is 21.0 Å². The lowest BCUT2D eigenvalue weighted by atomic mass is 9.95. The van der Waals surface area contributed by atoms with E-state index in [1.54, 1.807) is 12.1 Å². The van der Waals surface area contributed by atoms with Crippen LogP contribution in [0.15, 0.2) is 42.6 Å². The van der Waals surface area contributed by atoms with Gasteiger partial charge >= 0.3 is 6.01 Å². The molecule has 3 aliphatic heterocycles. The third kappa shape index (κ3) is 5.02. The minimum Gasteiger partial charge on any atom is -0.508 e. The van der Waals surface area contributed by atoms with E-state index < -0.39 is 6.17 Å². The molecule has 4 aromatic rings. The number of halogens is 1. The lowest BCUT2D eigenvalue weighted by molar-refractivity contribution is 0.165. The number of nitrogens with one attached hydrogen (secondary N) is 1. The normalized spacial score (nSPS) is 24.5. The smallest absolute Gasteiger partial charge is 0.319 e. The summed E-state index contributed by atoms with van der Waals surface area (Å²) >= 11 is 0. The molecule has 2 bridgehead atoms. The van der Waals surface area contributed by atoms with Crippen molar-refractivity contribution in [3.05, 3.63) is 48.2 Å². The van der Waals surface area contributed by atoms with E-state index in [0.717, 1.165) is 90.7 Å². The summed E-state index contributed by atoms with van der Waals surface area (Å²) in [7, 11) is 0. The average Bonchev–Trinajstić information content (AvgIpc) is 3.53. The van der Waals surface area contributed by atoms with E-state index in [1.165, 1.54) is 0 Å². The number of nitrogens with zero attached hydrogens (tertiary/aromatic N) is 5. The molecule has 2 unspecified atom stereocenters. The molecule has 2 N–H and O–H groups in total. The molecule has 1 saturated carbocycles. The molecule has 5 heterocycles. The van der Waals surface area contributed by atoms with E-state index in [9.17, 15) is 9.50 Å². The van der Waals surface area contributed by atoms with Crippen LogP contribution in [0.3, 0.4) is 0 Å². The number of terminal acetylenes is 1. The molecular formula is C34H35FN6O2. The molecule has 3 atom stereocenters. The predicted molar refractivity (Wildman–Crippen MR) is 165 cm³/mol. The van der Waals surface area contributed by atoms with Crippen LogP contribution >= 0.6 is 0 Å². The van der Waals surface area contributed by atoms with Crippen molar-refractivity contribution in [1.29, 1.82) is 0 Å². The summed E-state index contributed by atoms with van der Waals surface area (Å²) in [6.07, 6.45) is 12.0. The van der Waals surface area contributed by atoms with Crippen molar-refractivity contribution < 1.29 is 14.2 Å². The highest BCUT2D eigenvalue weighted by Gasteiger charge is 2.46. The Morgan fingerprint density at radius 1 is 1.09 bits per heavy atom. The van der Waals surface area contributed by atoms with E-state index >= 15 is 0 Å². The number of fused-ring (bicyclic) bond motifs is 4. The molecule has 0 spiro atoms. The zero-order valence-electron chi connectivity index (χ0n) is 24.1. The van der Waals surface area contributed by atoms with Crippen molar-refractivity contribution in [2.75, 3.05) is 44.2 Å². The van der Waals surface area contributed by atoms with Gasteiger partial charge in [-0.2, -0.15) is 9.97 Å². The van der Waals surface area contributed by atoms with Crippen LogP contribution in [0.4, 0.5) is 10.2 Å². The van der Waals surface area contributed by atoms with Gasteiger partial charge in [0.1, 0.15) is 17.4 Å². The molecular weight excluding hydrogens is 543 g/mol. The molecule has 8 nitrogen and oxygen atoms in total. The van der Waals surface area contributed by atoms with E-state index in [0.29, 0.717) is 43.2 Å². The fourth-order valence-corrected chi connectivity index (χ4v) is 7.29. The summed E-state index contributed by atoms with van der Waals surface area (Å²) in [5, 5.41) is 16.0. The second kappa shape index (κ2) is 10.3. The first kappa shape index (κ1) is 26.6. The molecule has 2 aromatic carbocycles. The van der Waals surface area contributed by atoms with Crippen LogP contribution in [0.1, 0.15) is 37.7 Å². The number of likely N-dealkylation sites (tertiary alicyclic amines) is 1. The predicted octanol–water partition coefficient (Wildman–Crippen LogP) is 4.68. The number of phenols is 1. The van der Waals surface area contributed by atoms with Crippen LogP contribution < -0.4 is 15.0 Å². The highest BCUT2D eigenvalue weighted by molar-refractivity contribution is 6.02. The first-order valence-corrected chi connectivity index (χ1v) is 15.4. The minimum absolute atomic E-state index is 0.0307. The number of hydrogen-bond donors (Lipinski definition) is 2. The molecule has 220 valence electrons. The highest BCUT2D eigenvalue weighted by atomic mass is 19.1. The van der Waals surface area contributed by atoms with Crippen molar-refractivity contribution in [2.45, 2.75) is 50.4 Å². The van der Waals surface area contributed by atoms with Gasteiger partial charge in [-0.15, -0.1) is 6.42 Å². The number of aromatic hydroxyl groups is 1. The van der Waals surface area contributed by atoms with Gasteiger partial charge in [0.2, 0.25) is 0 Å². The topological polar surface area (TPSA) is 86.6 Å². The van der Waals surface area contributed by atoms with Gasteiger partial charge in [-0.1, -0.05) is 18.1 Å². The highest BCUT2D eigenvalue weighted by Crippen LogP contribution is 2.47. The Labute approximate surface area is 250 Å². The number of rotatable bonds is 7. The van der Waals surface area contributed by atoms with Crippen LogP contribution in [0, 0.1) is 17.8 Å². The second-order valence-corrected chi connectivity index (χ2v) is 12.9. The Kier molecular flexibility index (Phi) is 6.39. The fraction of sp³-hybridized carbons (Fsp3) is 0.441. The Hall–Kier alpha value is -4.00. The fourth-order valence-electron chi connectivity index (χ4n) is 7.29. The first-order chi connectivity index (χ1) is 20.9.